The zero-order chi connectivity index (χ0) is 26.9. The van der Waals surface area contributed by atoms with Gasteiger partial charge in [0.15, 0.2) is 0 Å². The number of likely N-dealkylation sites (tertiary alicyclic amines) is 1. The van der Waals surface area contributed by atoms with Gasteiger partial charge in [0.1, 0.15) is 17.7 Å². The van der Waals surface area contributed by atoms with Gasteiger partial charge in [-0.05, 0) is 54.7 Å². The van der Waals surface area contributed by atoms with Crippen molar-refractivity contribution in [2.24, 2.45) is 13.0 Å². The summed E-state index contributed by atoms with van der Waals surface area (Å²) in [7, 11) is 3.29. The lowest BCUT2D eigenvalue weighted by Crippen LogP contribution is -2.70. The number of imide groups is 1. The molecule has 37 heavy (non-hydrogen) atoms. The van der Waals surface area contributed by atoms with Crippen molar-refractivity contribution in [3.05, 3.63) is 71.4 Å². The molecule has 0 aliphatic carbocycles. The molecule has 194 valence electrons. The molecule has 2 aromatic heterocycles. The molecule has 1 saturated heterocycles. The number of rotatable bonds is 7. The fourth-order valence-electron chi connectivity index (χ4n) is 4.73. The first kappa shape index (κ1) is 25.8. The van der Waals surface area contributed by atoms with Crippen molar-refractivity contribution >= 4 is 29.6 Å². The number of halogens is 1. The Morgan fingerprint density at radius 2 is 2.00 bits per heavy atom. The van der Waals surface area contributed by atoms with Crippen LogP contribution in [0.1, 0.15) is 36.1 Å². The summed E-state index contributed by atoms with van der Waals surface area (Å²) in [6.45, 7) is 3.49. The van der Waals surface area contributed by atoms with Crippen LogP contribution in [0, 0.1) is 18.7 Å². The molecule has 0 spiro atoms. The summed E-state index contributed by atoms with van der Waals surface area (Å²) in [5, 5.41) is 2.82. The highest BCUT2D eigenvalue weighted by Crippen LogP contribution is 2.33. The van der Waals surface area contributed by atoms with Crippen molar-refractivity contribution in [1.82, 2.24) is 24.8 Å². The molecule has 3 aromatic rings. The van der Waals surface area contributed by atoms with Gasteiger partial charge < -0.3 is 15.6 Å². The molecular formula is C26H30FN7O3. The number of amides is 4. The number of carbonyl (C=O) groups excluding carboxylic acids is 3. The Labute approximate surface area is 214 Å². The van der Waals surface area contributed by atoms with Crippen LogP contribution in [-0.4, -0.2) is 50.4 Å². The van der Waals surface area contributed by atoms with E-state index in [1.54, 1.807) is 62.2 Å². The van der Waals surface area contributed by atoms with E-state index < -0.39 is 35.8 Å². The minimum absolute atomic E-state index is 0.209. The van der Waals surface area contributed by atoms with E-state index in [4.69, 9.17) is 5.73 Å². The van der Waals surface area contributed by atoms with Crippen molar-refractivity contribution in [3.8, 4) is 0 Å². The van der Waals surface area contributed by atoms with Crippen molar-refractivity contribution < 1.29 is 18.8 Å². The Balaban J connectivity index is 1.62. The Morgan fingerprint density at radius 1 is 1.24 bits per heavy atom. The standard InChI is InChI=1S/C26H30FN7O3/c1-5-20(17-7-6-8-19(27)15(17)2)31-26(37)34-22(24(36)33(4)25-30-11-12-32(25)3)18(23(34)35)13-16-9-10-29-21(28)14-16/h6-12,14,18,20,22H,5,13H2,1-4H3,(H2,28,29)(H,31,37)/t18-,20?,22+/m1/s1. The summed E-state index contributed by atoms with van der Waals surface area (Å²) in [4.78, 5) is 50.8. The number of nitrogens with one attached hydrogen (secondary N) is 1. The van der Waals surface area contributed by atoms with Crippen LogP contribution in [-0.2, 0) is 23.1 Å². The lowest BCUT2D eigenvalue weighted by Gasteiger charge is -2.45. The summed E-state index contributed by atoms with van der Waals surface area (Å²) in [5.41, 5.74) is 7.55. The van der Waals surface area contributed by atoms with Gasteiger partial charge in [-0.15, -0.1) is 0 Å². The summed E-state index contributed by atoms with van der Waals surface area (Å²) >= 11 is 0. The number of nitrogen functional groups attached to an aromatic ring is 1. The second-order valence-corrected chi connectivity index (χ2v) is 9.15. The third-order valence-electron chi connectivity index (χ3n) is 6.80. The number of hydrogen-bond acceptors (Lipinski definition) is 6. The quantitative estimate of drug-likeness (QED) is 0.474. The van der Waals surface area contributed by atoms with Gasteiger partial charge in [0.2, 0.25) is 11.9 Å². The molecule has 4 amide bonds. The molecule has 1 aliphatic rings. The van der Waals surface area contributed by atoms with E-state index in [1.807, 2.05) is 6.92 Å². The third-order valence-corrected chi connectivity index (χ3v) is 6.80. The van der Waals surface area contributed by atoms with Gasteiger partial charge in [0.05, 0.1) is 12.0 Å². The molecule has 1 unspecified atom stereocenters. The fourth-order valence-corrected chi connectivity index (χ4v) is 4.73. The fraction of sp³-hybridized carbons (Fsp3) is 0.346. The summed E-state index contributed by atoms with van der Waals surface area (Å²) in [5.74, 6) is -1.43. The van der Waals surface area contributed by atoms with E-state index in [9.17, 15) is 18.8 Å². The number of imidazole rings is 1. The molecule has 3 atom stereocenters. The van der Waals surface area contributed by atoms with Crippen molar-refractivity contribution in [1.29, 1.82) is 0 Å². The lowest BCUT2D eigenvalue weighted by atomic mass is 9.81. The van der Waals surface area contributed by atoms with Gasteiger partial charge in [-0.25, -0.2) is 19.2 Å². The second kappa shape index (κ2) is 10.4. The Morgan fingerprint density at radius 3 is 2.65 bits per heavy atom. The highest BCUT2D eigenvalue weighted by molar-refractivity contribution is 6.12. The molecule has 3 heterocycles. The van der Waals surface area contributed by atoms with Crippen LogP contribution in [0.4, 0.5) is 21.0 Å². The van der Waals surface area contributed by atoms with E-state index in [0.717, 1.165) is 10.5 Å². The van der Waals surface area contributed by atoms with Crippen molar-refractivity contribution in [3.63, 3.8) is 0 Å². The average Bonchev–Trinajstić information content (AvgIpc) is 3.30. The van der Waals surface area contributed by atoms with E-state index in [-0.39, 0.29) is 12.2 Å². The van der Waals surface area contributed by atoms with Gasteiger partial charge in [-0.2, -0.15) is 0 Å². The molecule has 11 heteroatoms. The van der Waals surface area contributed by atoms with Crippen molar-refractivity contribution in [2.45, 2.75) is 38.8 Å². The third kappa shape index (κ3) is 4.89. The van der Waals surface area contributed by atoms with Crippen LogP contribution < -0.4 is 16.0 Å². The number of urea groups is 1. The lowest BCUT2D eigenvalue weighted by molar-refractivity contribution is -0.156. The van der Waals surface area contributed by atoms with E-state index in [2.05, 4.69) is 15.3 Å². The first-order valence-corrected chi connectivity index (χ1v) is 12.0. The number of β-lactam (4-membered cyclic amide) rings is 1. The van der Waals surface area contributed by atoms with Crippen LogP contribution in [0.3, 0.4) is 0 Å². The SMILES string of the molecule is CCC(NC(=O)N1C(=O)[C@H](Cc2ccnc(N)c2)[C@H]1C(=O)N(C)c1nccn1C)c1cccc(F)c1C. The number of hydrogen-bond donors (Lipinski definition) is 2. The zero-order valence-corrected chi connectivity index (χ0v) is 21.2. The maximum Gasteiger partial charge on any atom is 0.325 e. The number of anilines is 2. The number of nitrogens with two attached hydrogens (primary N) is 1. The number of aromatic nitrogens is 3. The van der Waals surface area contributed by atoms with Crippen molar-refractivity contribution in [2.75, 3.05) is 17.7 Å². The van der Waals surface area contributed by atoms with Gasteiger partial charge in [-0.3, -0.25) is 19.4 Å². The number of nitrogens with zero attached hydrogens (tertiary/aromatic N) is 5. The molecule has 0 saturated carbocycles. The molecule has 1 aromatic carbocycles. The molecular weight excluding hydrogens is 477 g/mol. The molecule has 0 radical (unpaired) electrons. The Bertz CT molecular complexity index is 1340. The van der Waals surface area contributed by atoms with Crippen LogP contribution in [0.2, 0.25) is 0 Å². The van der Waals surface area contributed by atoms with Crippen LogP contribution in [0.5, 0.6) is 0 Å². The normalized spacial score (nSPS) is 17.8. The first-order chi connectivity index (χ1) is 17.6. The largest absolute Gasteiger partial charge is 0.384 e. The predicted molar refractivity (Wildman–Crippen MR) is 136 cm³/mol. The number of carbonyl (C=O) groups is 3. The number of aryl methyl sites for hydroxylation is 1. The zero-order valence-electron chi connectivity index (χ0n) is 21.2. The molecule has 4 rings (SSSR count). The smallest absolute Gasteiger partial charge is 0.325 e. The number of benzene rings is 1. The topological polar surface area (TPSA) is 126 Å². The summed E-state index contributed by atoms with van der Waals surface area (Å²) in [6, 6.07) is 5.71. The molecule has 0 bridgehead atoms. The van der Waals surface area contributed by atoms with E-state index >= 15 is 0 Å². The highest BCUT2D eigenvalue weighted by atomic mass is 19.1. The molecule has 1 aliphatic heterocycles. The van der Waals surface area contributed by atoms with Crippen LogP contribution in [0.15, 0.2) is 48.9 Å². The molecule has 3 N–H and O–H groups in total. The monoisotopic (exact) mass is 507 g/mol. The number of likely N-dealkylation sites (N-methyl/N-ethyl adjacent to an activating group) is 1. The molecule has 10 nitrogen and oxygen atoms in total. The van der Waals surface area contributed by atoms with Gasteiger partial charge in [-0.1, -0.05) is 19.1 Å². The summed E-state index contributed by atoms with van der Waals surface area (Å²) < 4.78 is 15.8. The van der Waals surface area contributed by atoms with Crippen LogP contribution >= 0.6 is 0 Å². The Kier molecular flexibility index (Phi) is 7.23. The maximum absolute atomic E-state index is 14.2. The second-order valence-electron chi connectivity index (χ2n) is 9.15. The Hall–Kier alpha value is -4.28. The maximum atomic E-state index is 14.2. The average molecular weight is 508 g/mol. The van der Waals surface area contributed by atoms with Gasteiger partial charge >= 0.3 is 6.03 Å². The first-order valence-electron chi connectivity index (χ1n) is 12.0. The van der Waals surface area contributed by atoms with Gasteiger partial charge in [0, 0.05) is 32.7 Å². The van der Waals surface area contributed by atoms with Gasteiger partial charge in [0.25, 0.3) is 5.91 Å². The minimum atomic E-state index is -1.06. The predicted octanol–water partition coefficient (Wildman–Crippen LogP) is 2.74. The molecule has 1 fully saturated rings. The van der Waals surface area contributed by atoms with Crippen LogP contribution in [0.25, 0.3) is 0 Å². The van der Waals surface area contributed by atoms with E-state index in [1.165, 1.54) is 17.2 Å². The van der Waals surface area contributed by atoms with E-state index in [0.29, 0.717) is 29.3 Å². The number of pyridine rings is 1. The minimum Gasteiger partial charge on any atom is -0.384 e. The highest BCUT2D eigenvalue weighted by Gasteiger charge is 2.55. The summed E-state index contributed by atoms with van der Waals surface area (Å²) in [6.07, 6.45) is 5.45.